The van der Waals surface area contributed by atoms with Gasteiger partial charge in [-0.3, -0.25) is 0 Å². The van der Waals surface area contributed by atoms with Crippen molar-refractivity contribution in [3.05, 3.63) is 30.1 Å². The third kappa shape index (κ3) is 3.02. The summed E-state index contributed by atoms with van der Waals surface area (Å²) in [6, 6.07) is 5.04. The largest absolute Gasteiger partial charge is 0.330 e. The van der Waals surface area contributed by atoms with Crippen LogP contribution in [0.25, 0.3) is 0 Å². The molecule has 1 aromatic carbocycles. The van der Waals surface area contributed by atoms with Crippen molar-refractivity contribution in [2.24, 2.45) is 11.7 Å². The van der Waals surface area contributed by atoms with Crippen molar-refractivity contribution in [1.82, 2.24) is 4.31 Å². The van der Waals surface area contributed by atoms with Gasteiger partial charge in [0, 0.05) is 13.1 Å². The Morgan fingerprint density at radius 1 is 1.35 bits per heavy atom. The van der Waals surface area contributed by atoms with Gasteiger partial charge in [0.25, 0.3) is 0 Å². The third-order valence-corrected chi connectivity index (χ3v) is 5.99. The Morgan fingerprint density at radius 2 is 2.05 bits per heavy atom. The number of nitrogens with two attached hydrogens (primary N) is 1. The fraction of sp³-hybridized carbons (Fsp3) is 0.571. The maximum absolute atomic E-state index is 13.2. The molecular weight excluding hydrogens is 279 g/mol. The summed E-state index contributed by atoms with van der Waals surface area (Å²) in [5, 5.41) is 0. The van der Waals surface area contributed by atoms with Crippen LogP contribution in [-0.2, 0) is 10.0 Å². The fourth-order valence-electron chi connectivity index (χ4n) is 2.91. The summed E-state index contributed by atoms with van der Waals surface area (Å²) in [6.07, 6.45) is 3.85. The van der Waals surface area contributed by atoms with Crippen molar-refractivity contribution < 1.29 is 12.8 Å². The first-order chi connectivity index (χ1) is 9.46. The topological polar surface area (TPSA) is 63.4 Å². The van der Waals surface area contributed by atoms with E-state index in [1.165, 1.54) is 22.5 Å². The van der Waals surface area contributed by atoms with Crippen molar-refractivity contribution in [3.63, 3.8) is 0 Å². The molecule has 0 saturated heterocycles. The minimum atomic E-state index is -3.67. The lowest BCUT2D eigenvalue weighted by Crippen LogP contribution is -2.45. The highest BCUT2D eigenvalue weighted by molar-refractivity contribution is 7.89. The highest BCUT2D eigenvalue weighted by Gasteiger charge is 2.34. The molecule has 1 saturated carbocycles. The molecule has 0 amide bonds. The molecule has 1 aliphatic rings. The molecule has 1 aromatic rings. The number of hydrogen-bond acceptors (Lipinski definition) is 3. The van der Waals surface area contributed by atoms with E-state index in [9.17, 15) is 12.8 Å². The molecule has 112 valence electrons. The van der Waals surface area contributed by atoms with E-state index in [1.807, 2.05) is 0 Å². The minimum Gasteiger partial charge on any atom is -0.330 e. The molecule has 0 radical (unpaired) electrons. The predicted molar refractivity (Wildman–Crippen MR) is 76.1 cm³/mol. The quantitative estimate of drug-likeness (QED) is 0.924. The van der Waals surface area contributed by atoms with Gasteiger partial charge in [-0.2, -0.15) is 4.31 Å². The second kappa shape index (κ2) is 6.20. The van der Waals surface area contributed by atoms with E-state index in [4.69, 9.17) is 5.73 Å². The summed E-state index contributed by atoms with van der Waals surface area (Å²) in [5.74, 6) is -0.365. The maximum atomic E-state index is 13.2. The van der Waals surface area contributed by atoms with E-state index in [2.05, 4.69) is 0 Å². The zero-order chi connectivity index (χ0) is 14.8. The lowest BCUT2D eigenvalue weighted by molar-refractivity contribution is 0.204. The molecule has 2 atom stereocenters. The van der Waals surface area contributed by atoms with Crippen LogP contribution in [0.4, 0.5) is 4.39 Å². The molecule has 0 aromatic heterocycles. The average Bonchev–Trinajstić information content (AvgIpc) is 2.46. The molecule has 0 heterocycles. The van der Waals surface area contributed by atoms with Gasteiger partial charge >= 0.3 is 0 Å². The summed E-state index contributed by atoms with van der Waals surface area (Å²) in [5.41, 5.74) is 5.76. The summed E-state index contributed by atoms with van der Waals surface area (Å²) in [7, 11) is -2.10. The first-order valence-corrected chi connectivity index (χ1v) is 8.34. The smallest absolute Gasteiger partial charge is 0.243 e. The summed E-state index contributed by atoms with van der Waals surface area (Å²) < 4.78 is 39.7. The van der Waals surface area contributed by atoms with Crippen LogP contribution in [0.15, 0.2) is 29.2 Å². The van der Waals surface area contributed by atoms with E-state index in [1.54, 1.807) is 7.05 Å². The molecule has 2 rings (SSSR count). The highest BCUT2D eigenvalue weighted by atomic mass is 32.2. The number of sulfonamides is 1. The van der Waals surface area contributed by atoms with E-state index in [0.717, 1.165) is 31.7 Å². The number of nitrogens with zero attached hydrogens (tertiary/aromatic N) is 1. The molecule has 20 heavy (non-hydrogen) atoms. The first-order valence-electron chi connectivity index (χ1n) is 6.90. The van der Waals surface area contributed by atoms with Gasteiger partial charge in [-0.05, 0) is 43.5 Å². The molecular formula is C14H21FN2O2S. The fourth-order valence-corrected chi connectivity index (χ4v) is 4.39. The monoisotopic (exact) mass is 300 g/mol. The van der Waals surface area contributed by atoms with Crippen molar-refractivity contribution >= 4 is 10.0 Å². The van der Waals surface area contributed by atoms with Gasteiger partial charge in [-0.15, -0.1) is 0 Å². The predicted octanol–water partition coefficient (Wildman–Crippen LogP) is 1.96. The first kappa shape index (κ1) is 15.4. The lowest BCUT2D eigenvalue weighted by atomic mass is 9.85. The maximum Gasteiger partial charge on any atom is 0.243 e. The Morgan fingerprint density at radius 3 is 2.70 bits per heavy atom. The second-order valence-corrected chi connectivity index (χ2v) is 7.32. The van der Waals surface area contributed by atoms with Crippen LogP contribution in [0.3, 0.4) is 0 Å². The Bertz CT molecular complexity index is 562. The SMILES string of the molecule is CN(C1CCCCC1CN)S(=O)(=O)c1cccc(F)c1. The number of benzene rings is 1. The molecule has 6 heteroatoms. The molecule has 4 nitrogen and oxygen atoms in total. The Balaban J connectivity index is 2.28. The van der Waals surface area contributed by atoms with Crippen LogP contribution in [0.1, 0.15) is 25.7 Å². The van der Waals surface area contributed by atoms with Crippen LogP contribution in [0.5, 0.6) is 0 Å². The van der Waals surface area contributed by atoms with Crippen molar-refractivity contribution in [3.8, 4) is 0 Å². The van der Waals surface area contributed by atoms with E-state index >= 15 is 0 Å². The van der Waals surface area contributed by atoms with Crippen LogP contribution in [0, 0.1) is 11.7 Å². The number of halogens is 1. The third-order valence-electron chi connectivity index (χ3n) is 4.11. The van der Waals surface area contributed by atoms with E-state index < -0.39 is 15.8 Å². The van der Waals surface area contributed by atoms with Gasteiger partial charge in [0.2, 0.25) is 10.0 Å². The Labute approximate surface area is 119 Å². The van der Waals surface area contributed by atoms with Crippen LogP contribution < -0.4 is 5.73 Å². The number of rotatable bonds is 4. The van der Waals surface area contributed by atoms with Crippen LogP contribution in [-0.4, -0.2) is 32.4 Å². The zero-order valence-corrected chi connectivity index (χ0v) is 12.4. The summed E-state index contributed by atoms with van der Waals surface area (Å²) in [4.78, 5) is 0.00125. The Kier molecular flexibility index (Phi) is 4.78. The van der Waals surface area contributed by atoms with Gasteiger partial charge in [-0.1, -0.05) is 18.9 Å². The molecule has 2 N–H and O–H groups in total. The van der Waals surface area contributed by atoms with Gasteiger partial charge in [0.15, 0.2) is 0 Å². The van der Waals surface area contributed by atoms with E-state index in [-0.39, 0.29) is 16.9 Å². The highest BCUT2D eigenvalue weighted by Crippen LogP contribution is 2.30. The Hall–Kier alpha value is -0.980. The van der Waals surface area contributed by atoms with Gasteiger partial charge in [0.1, 0.15) is 5.82 Å². The summed E-state index contributed by atoms with van der Waals surface area (Å²) >= 11 is 0. The van der Waals surface area contributed by atoms with Crippen LogP contribution in [0.2, 0.25) is 0 Å². The molecule has 0 bridgehead atoms. The minimum absolute atomic E-state index is 0.00125. The lowest BCUT2D eigenvalue weighted by Gasteiger charge is -2.36. The molecule has 0 spiro atoms. The van der Waals surface area contributed by atoms with Crippen molar-refractivity contribution in [1.29, 1.82) is 0 Å². The van der Waals surface area contributed by atoms with Gasteiger partial charge < -0.3 is 5.73 Å². The van der Waals surface area contributed by atoms with Crippen molar-refractivity contribution in [2.75, 3.05) is 13.6 Å². The average molecular weight is 300 g/mol. The molecule has 1 fully saturated rings. The molecule has 1 aliphatic carbocycles. The summed E-state index contributed by atoms with van der Waals surface area (Å²) in [6.45, 7) is 0.480. The van der Waals surface area contributed by atoms with E-state index in [0.29, 0.717) is 6.54 Å². The zero-order valence-electron chi connectivity index (χ0n) is 11.6. The molecule has 2 unspecified atom stereocenters. The van der Waals surface area contributed by atoms with Crippen LogP contribution >= 0.6 is 0 Å². The standard InChI is InChI=1S/C14H21FN2O2S/c1-17(14-8-3-2-5-11(14)10-16)20(18,19)13-7-4-6-12(15)9-13/h4,6-7,9,11,14H,2-3,5,8,10,16H2,1H3. The van der Waals surface area contributed by atoms with Gasteiger partial charge in [-0.25, -0.2) is 12.8 Å². The normalized spacial score (nSPS) is 24.0. The molecule has 0 aliphatic heterocycles. The van der Waals surface area contributed by atoms with Gasteiger partial charge in [0.05, 0.1) is 4.90 Å². The second-order valence-electron chi connectivity index (χ2n) is 5.33. The number of hydrogen-bond donors (Lipinski definition) is 1. The van der Waals surface area contributed by atoms with Crippen molar-refractivity contribution in [2.45, 2.75) is 36.6 Å².